The quantitative estimate of drug-likeness (QED) is 0.580. The number of nitrogens with one attached hydrogen (secondary N) is 1. The normalized spacial score (nSPS) is 13.8. The Kier molecular flexibility index (Phi) is 6.60. The van der Waals surface area contributed by atoms with Crippen LogP contribution in [0.4, 0.5) is 14.5 Å². The highest BCUT2D eigenvalue weighted by atomic mass is 32.2. The molecule has 0 saturated heterocycles. The molecule has 0 radical (unpaired) electrons. The van der Waals surface area contributed by atoms with E-state index in [1.54, 1.807) is 13.2 Å². The van der Waals surface area contributed by atoms with Gasteiger partial charge >= 0.3 is 0 Å². The number of fused-ring (bicyclic) bond motifs is 4. The van der Waals surface area contributed by atoms with Gasteiger partial charge < -0.3 is 14.0 Å². The first-order chi connectivity index (χ1) is 16.2. The number of ether oxygens (including phenoxy) is 2. The van der Waals surface area contributed by atoms with Gasteiger partial charge in [0, 0.05) is 47.8 Å². The van der Waals surface area contributed by atoms with Crippen molar-refractivity contribution < 1.29 is 26.7 Å². The second kappa shape index (κ2) is 9.46. The molecule has 0 fully saturated rings. The maximum atomic E-state index is 14.8. The minimum absolute atomic E-state index is 0.0996. The molecule has 0 amide bonds. The van der Waals surface area contributed by atoms with Gasteiger partial charge in [0.15, 0.2) is 11.6 Å². The highest BCUT2D eigenvalue weighted by Gasteiger charge is 2.21. The lowest BCUT2D eigenvalue weighted by molar-refractivity contribution is 0.306. The maximum absolute atomic E-state index is 14.8. The zero-order chi connectivity index (χ0) is 24.5. The van der Waals surface area contributed by atoms with Gasteiger partial charge in [0.05, 0.1) is 12.4 Å². The molecule has 4 rings (SSSR count). The van der Waals surface area contributed by atoms with E-state index in [0.717, 1.165) is 6.07 Å². The molecule has 0 unspecified atom stereocenters. The summed E-state index contributed by atoms with van der Waals surface area (Å²) in [6.45, 7) is 1.79. The van der Waals surface area contributed by atoms with Crippen molar-refractivity contribution in [3.8, 4) is 28.4 Å². The van der Waals surface area contributed by atoms with E-state index in [1.807, 2.05) is 0 Å². The van der Waals surface area contributed by atoms with Gasteiger partial charge in [-0.05, 0) is 50.5 Å². The zero-order valence-corrected chi connectivity index (χ0v) is 19.5. The fourth-order valence-electron chi connectivity index (χ4n) is 3.70. The van der Waals surface area contributed by atoms with Crippen LogP contribution in [0.5, 0.6) is 17.2 Å². The van der Waals surface area contributed by atoms with Gasteiger partial charge in [0.1, 0.15) is 17.3 Å². The highest BCUT2D eigenvalue weighted by molar-refractivity contribution is 7.92. The predicted molar refractivity (Wildman–Crippen MR) is 125 cm³/mol. The van der Waals surface area contributed by atoms with E-state index in [-0.39, 0.29) is 35.1 Å². The molecular formula is C24H24F2N2O5S. The van der Waals surface area contributed by atoms with Gasteiger partial charge in [-0.15, -0.1) is 0 Å². The third kappa shape index (κ3) is 5.06. The second-order valence-electron chi connectivity index (χ2n) is 8.00. The van der Waals surface area contributed by atoms with Crippen LogP contribution in [0.1, 0.15) is 25.3 Å². The van der Waals surface area contributed by atoms with Gasteiger partial charge in [-0.3, -0.25) is 9.52 Å². The van der Waals surface area contributed by atoms with E-state index in [9.17, 15) is 22.0 Å². The van der Waals surface area contributed by atoms with Crippen molar-refractivity contribution >= 4 is 15.7 Å². The number of aromatic nitrogens is 1. The molecule has 180 valence electrons. The molecule has 1 aromatic heterocycles. The summed E-state index contributed by atoms with van der Waals surface area (Å²) in [6.07, 6.45) is 3.07. The first-order valence-corrected chi connectivity index (χ1v) is 12.5. The minimum atomic E-state index is -3.57. The Bertz CT molecular complexity index is 1400. The molecule has 0 bridgehead atoms. The summed E-state index contributed by atoms with van der Waals surface area (Å²) in [5.41, 5.74) is 1.18. The van der Waals surface area contributed by atoms with Crippen LogP contribution in [-0.2, 0) is 23.5 Å². The highest BCUT2D eigenvalue weighted by Crippen LogP contribution is 2.41. The van der Waals surface area contributed by atoms with Crippen LogP contribution in [0.15, 0.2) is 47.4 Å². The van der Waals surface area contributed by atoms with Crippen LogP contribution in [0.3, 0.4) is 0 Å². The molecule has 1 aliphatic heterocycles. The first-order valence-electron chi connectivity index (χ1n) is 10.8. The zero-order valence-electron chi connectivity index (χ0n) is 18.7. The van der Waals surface area contributed by atoms with E-state index in [1.165, 1.54) is 41.8 Å². The monoisotopic (exact) mass is 490 g/mol. The summed E-state index contributed by atoms with van der Waals surface area (Å²) in [5, 5.41) is 0. The molecule has 2 heterocycles. The number of nitrogens with zero attached hydrogens (tertiary/aromatic N) is 1. The molecule has 1 N–H and O–H groups in total. The molecule has 7 nitrogen and oxygen atoms in total. The maximum Gasteiger partial charge on any atom is 0.254 e. The number of rotatable bonds is 3. The molecule has 10 heteroatoms. The lowest BCUT2D eigenvalue weighted by Crippen LogP contribution is -2.17. The molecule has 34 heavy (non-hydrogen) atoms. The largest absolute Gasteiger partial charge is 0.493 e. The molecular weight excluding hydrogens is 466 g/mol. The van der Waals surface area contributed by atoms with Gasteiger partial charge in [-0.1, -0.05) is 0 Å². The van der Waals surface area contributed by atoms with Crippen LogP contribution in [0.2, 0.25) is 0 Å². The van der Waals surface area contributed by atoms with Gasteiger partial charge in [-0.2, -0.15) is 0 Å². The van der Waals surface area contributed by atoms with Gasteiger partial charge in [-0.25, -0.2) is 17.2 Å². The predicted octanol–water partition coefficient (Wildman–Crippen LogP) is 4.60. The van der Waals surface area contributed by atoms with Crippen molar-refractivity contribution in [2.45, 2.75) is 26.2 Å². The van der Waals surface area contributed by atoms with Crippen molar-refractivity contribution in [2.24, 2.45) is 7.05 Å². The van der Waals surface area contributed by atoms with Crippen LogP contribution in [0, 0.1) is 11.6 Å². The number of benzene rings is 2. The van der Waals surface area contributed by atoms with Gasteiger partial charge in [0.25, 0.3) is 5.56 Å². The third-order valence-electron chi connectivity index (χ3n) is 5.51. The number of hydrogen-bond acceptors (Lipinski definition) is 5. The van der Waals surface area contributed by atoms with E-state index in [4.69, 9.17) is 9.47 Å². The summed E-state index contributed by atoms with van der Waals surface area (Å²) in [7, 11) is -2.00. The van der Waals surface area contributed by atoms with Crippen molar-refractivity contribution in [2.75, 3.05) is 17.1 Å². The molecule has 2 aromatic carbocycles. The number of pyridine rings is 1. The molecule has 0 spiro atoms. The molecule has 1 aliphatic rings. The average Bonchev–Trinajstić information content (AvgIpc) is 2.77. The lowest BCUT2D eigenvalue weighted by Gasteiger charge is -2.20. The lowest BCUT2D eigenvalue weighted by atomic mass is 10.0. The third-order valence-corrected chi connectivity index (χ3v) is 6.82. The molecule has 0 atom stereocenters. The Morgan fingerprint density at radius 1 is 1.06 bits per heavy atom. The smallest absolute Gasteiger partial charge is 0.254 e. The number of sulfonamides is 1. The Morgan fingerprint density at radius 3 is 2.62 bits per heavy atom. The molecule has 0 saturated carbocycles. The van der Waals surface area contributed by atoms with Crippen LogP contribution >= 0.6 is 0 Å². The number of aryl methyl sites for hydroxylation is 2. The standard InChI is InChI=1S/C24H24F2N2O5S/c1-3-34(30,31)27-17-7-8-21-18(12-17)19-14-28(2)23(29)13-22(19)32-9-5-4-6-15-10-16(25)11-20(26)24(15)33-21/h7-8,10-14,27H,3-6,9H2,1-2H3. The molecule has 3 aromatic rings. The SMILES string of the molecule is CCS(=O)(=O)Nc1ccc2c(c1)-c1cn(C)c(=O)cc1OCCCCc1cc(F)cc(F)c1O2. The Morgan fingerprint density at radius 2 is 1.85 bits per heavy atom. The van der Waals surface area contributed by atoms with Crippen molar-refractivity contribution in [3.63, 3.8) is 0 Å². The first kappa shape index (κ1) is 23.7. The molecule has 0 aliphatic carbocycles. The fourth-order valence-corrected chi connectivity index (χ4v) is 4.33. The van der Waals surface area contributed by atoms with E-state index < -0.39 is 21.7 Å². The van der Waals surface area contributed by atoms with Crippen LogP contribution in [0.25, 0.3) is 11.1 Å². The van der Waals surface area contributed by atoms with Crippen molar-refractivity contribution in [1.29, 1.82) is 0 Å². The van der Waals surface area contributed by atoms with E-state index in [0.29, 0.717) is 41.7 Å². The number of halogens is 2. The summed E-state index contributed by atoms with van der Waals surface area (Å²) in [4.78, 5) is 12.3. The second-order valence-corrected chi connectivity index (χ2v) is 10.0. The minimum Gasteiger partial charge on any atom is -0.493 e. The van der Waals surface area contributed by atoms with E-state index in [2.05, 4.69) is 4.72 Å². The van der Waals surface area contributed by atoms with Crippen molar-refractivity contribution in [1.82, 2.24) is 4.57 Å². The number of anilines is 1. The van der Waals surface area contributed by atoms with Crippen LogP contribution < -0.4 is 19.8 Å². The van der Waals surface area contributed by atoms with Gasteiger partial charge in [0.2, 0.25) is 10.0 Å². The van der Waals surface area contributed by atoms with E-state index >= 15 is 0 Å². The topological polar surface area (TPSA) is 86.6 Å². The Labute approximate surface area is 196 Å². The summed E-state index contributed by atoms with van der Waals surface area (Å²) >= 11 is 0. The summed E-state index contributed by atoms with van der Waals surface area (Å²) in [6, 6.07) is 7.86. The number of hydrogen-bond donors (Lipinski definition) is 1. The Hall–Kier alpha value is -3.40. The summed E-state index contributed by atoms with van der Waals surface area (Å²) in [5.74, 6) is -1.28. The summed E-state index contributed by atoms with van der Waals surface area (Å²) < 4.78 is 68.7. The fraction of sp³-hybridized carbons (Fsp3) is 0.292. The Balaban J connectivity index is 1.95. The average molecular weight is 491 g/mol. The van der Waals surface area contributed by atoms with Crippen LogP contribution in [-0.4, -0.2) is 25.3 Å². The van der Waals surface area contributed by atoms with Crippen molar-refractivity contribution in [3.05, 3.63) is 70.1 Å².